The van der Waals surface area contributed by atoms with Crippen LogP contribution in [0, 0.1) is 5.92 Å². The van der Waals surface area contributed by atoms with E-state index >= 15 is 0 Å². The molecule has 4 aromatic rings. The molecule has 0 saturated heterocycles. The van der Waals surface area contributed by atoms with Crippen LogP contribution in [-0.4, -0.2) is 20.1 Å². The topological polar surface area (TPSA) is 78.4 Å². The minimum absolute atomic E-state index is 0.0732. The highest BCUT2D eigenvalue weighted by molar-refractivity contribution is 7.89. The van der Waals surface area contributed by atoms with Gasteiger partial charge in [0.05, 0.1) is 10.9 Å². The first kappa shape index (κ1) is 22.8. The van der Waals surface area contributed by atoms with Crippen LogP contribution in [-0.2, 0) is 16.4 Å². The zero-order valence-corrected chi connectivity index (χ0v) is 20.6. The second-order valence-corrected chi connectivity index (χ2v) is 11.3. The van der Waals surface area contributed by atoms with Crippen LogP contribution in [0.1, 0.15) is 35.1 Å². The van der Waals surface area contributed by atoms with Crippen molar-refractivity contribution in [3.05, 3.63) is 114 Å². The Labute approximate surface area is 211 Å². The lowest BCUT2D eigenvalue weighted by molar-refractivity contribution is 0.404. The van der Waals surface area contributed by atoms with Gasteiger partial charge in [0.2, 0.25) is 10.0 Å². The summed E-state index contributed by atoms with van der Waals surface area (Å²) in [6.07, 6.45) is 5.84. The Hall–Kier alpha value is -3.61. The van der Waals surface area contributed by atoms with E-state index in [1.165, 1.54) is 0 Å². The van der Waals surface area contributed by atoms with Gasteiger partial charge in [-0.2, -0.15) is 0 Å². The molecule has 6 heteroatoms. The summed E-state index contributed by atoms with van der Waals surface area (Å²) >= 11 is 0. The smallest absolute Gasteiger partial charge is 0.240 e. The molecule has 5 nitrogen and oxygen atoms in total. The van der Waals surface area contributed by atoms with Crippen molar-refractivity contribution >= 4 is 26.5 Å². The molecule has 6 rings (SSSR count). The maximum Gasteiger partial charge on any atom is 0.240 e. The molecule has 0 aromatic heterocycles. The van der Waals surface area contributed by atoms with E-state index in [4.69, 9.17) is 0 Å². The number of fused-ring (bicyclic) bond motifs is 4. The van der Waals surface area contributed by atoms with Crippen molar-refractivity contribution in [2.75, 3.05) is 11.9 Å². The number of aromatic hydroxyl groups is 1. The van der Waals surface area contributed by atoms with E-state index in [9.17, 15) is 13.5 Å². The van der Waals surface area contributed by atoms with Crippen LogP contribution in [0.25, 0.3) is 10.8 Å². The van der Waals surface area contributed by atoms with E-state index in [0.717, 1.165) is 39.6 Å². The number of allylic oxidation sites excluding steroid dienone is 2. The van der Waals surface area contributed by atoms with E-state index in [2.05, 4.69) is 34.3 Å². The summed E-state index contributed by atoms with van der Waals surface area (Å²) in [5, 5.41) is 16.7. The van der Waals surface area contributed by atoms with Crippen LogP contribution < -0.4 is 10.0 Å². The molecule has 1 heterocycles. The Kier molecular flexibility index (Phi) is 5.78. The fourth-order valence-corrected chi connectivity index (χ4v) is 6.76. The molecule has 3 unspecified atom stereocenters. The maximum absolute atomic E-state index is 13.1. The molecule has 0 spiro atoms. The number of phenols is 1. The normalized spacial score (nSPS) is 20.6. The molecule has 2 aliphatic rings. The van der Waals surface area contributed by atoms with E-state index in [1.54, 1.807) is 18.2 Å². The van der Waals surface area contributed by atoms with Crippen LogP contribution in [0.4, 0.5) is 5.69 Å². The molecule has 0 radical (unpaired) electrons. The quantitative estimate of drug-likeness (QED) is 0.291. The average molecular weight is 497 g/mol. The van der Waals surface area contributed by atoms with Gasteiger partial charge in [-0.3, -0.25) is 0 Å². The highest BCUT2D eigenvalue weighted by atomic mass is 32.2. The predicted octanol–water partition coefficient (Wildman–Crippen LogP) is 5.89. The third kappa shape index (κ3) is 4.06. The number of hydrogen-bond donors (Lipinski definition) is 3. The van der Waals surface area contributed by atoms with Crippen molar-refractivity contribution in [1.29, 1.82) is 0 Å². The molecular formula is C30H28N2O3S. The summed E-state index contributed by atoms with van der Waals surface area (Å²) in [4.78, 5) is 0.279. The number of anilines is 1. The monoisotopic (exact) mass is 496 g/mol. The van der Waals surface area contributed by atoms with Gasteiger partial charge in [-0.15, -0.1) is 0 Å². The lowest BCUT2D eigenvalue weighted by atomic mass is 9.76. The summed E-state index contributed by atoms with van der Waals surface area (Å²) in [5.74, 6) is 0.532. The average Bonchev–Trinajstić information content (AvgIpc) is 3.39. The van der Waals surface area contributed by atoms with Gasteiger partial charge in [0, 0.05) is 23.7 Å². The van der Waals surface area contributed by atoms with Gasteiger partial charge in [-0.25, -0.2) is 13.1 Å². The number of rotatable bonds is 6. The highest BCUT2D eigenvalue weighted by Crippen LogP contribution is 2.52. The van der Waals surface area contributed by atoms with Crippen molar-refractivity contribution < 1.29 is 13.5 Å². The second kappa shape index (κ2) is 9.12. The molecule has 4 aromatic carbocycles. The van der Waals surface area contributed by atoms with Gasteiger partial charge in [0.15, 0.2) is 0 Å². The Balaban J connectivity index is 1.31. The van der Waals surface area contributed by atoms with Gasteiger partial charge in [0.1, 0.15) is 5.75 Å². The van der Waals surface area contributed by atoms with Gasteiger partial charge in [-0.1, -0.05) is 72.8 Å². The highest BCUT2D eigenvalue weighted by Gasteiger charge is 2.40. The van der Waals surface area contributed by atoms with E-state index < -0.39 is 10.0 Å². The third-order valence-corrected chi connectivity index (χ3v) is 8.91. The lowest BCUT2D eigenvalue weighted by Crippen LogP contribution is -2.30. The SMILES string of the molecule is O=S(=O)(NCCc1ccccc1)c1ccc2c(c1)C1C=CCC1C(c1c(O)ccc3ccccc13)N2. The summed E-state index contributed by atoms with van der Waals surface area (Å²) in [6, 6.07) is 26.9. The van der Waals surface area contributed by atoms with E-state index in [1.807, 2.05) is 54.6 Å². The Morgan fingerprint density at radius 2 is 1.75 bits per heavy atom. The van der Waals surface area contributed by atoms with Gasteiger partial charge in [-0.05, 0) is 64.9 Å². The number of sulfonamides is 1. The molecule has 0 amide bonds. The molecule has 0 bridgehead atoms. The van der Waals surface area contributed by atoms with Gasteiger partial charge in [0.25, 0.3) is 0 Å². The van der Waals surface area contributed by atoms with E-state index in [0.29, 0.717) is 13.0 Å². The first-order valence-electron chi connectivity index (χ1n) is 12.3. The number of hydrogen-bond acceptors (Lipinski definition) is 4. The zero-order chi connectivity index (χ0) is 24.7. The van der Waals surface area contributed by atoms with Crippen LogP contribution in [0.3, 0.4) is 0 Å². The van der Waals surface area contributed by atoms with Crippen LogP contribution in [0.15, 0.2) is 102 Å². The molecule has 182 valence electrons. The van der Waals surface area contributed by atoms with Crippen molar-refractivity contribution in [1.82, 2.24) is 4.72 Å². The first-order valence-corrected chi connectivity index (χ1v) is 13.8. The largest absolute Gasteiger partial charge is 0.508 e. The second-order valence-electron chi connectivity index (χ2n) is 9.58. The van der Waals surface area contributed by atoms with Crippen molar-refractivity contribution in [3.8, 4) is 5.75 Å². The van der Waals surface area contributed by atoms with E-state index in [-0.39, 0.29) is 28.5 Å². The zero-order valence-electron chi connectivity index (χ0n) is 19.8. The first-order chi connectivity index (χ1) is 17.5. The van der Waals surface area contributed by atoms with Crippen LogP contribution in [0.5, 0.6) is 5.75 Å². The summed E-state index contributed by atoms with van der Waals surface area (Å²) < 4.78 is 28.9. The van der Waals surface area contributed by atoms with Crippen molar-refractivity contribution in [3.63, 3.8) is 0 Å². The fourth-order valence-electron chi connectivity index (χ4n) is 5.69. The maximum atomic E-state index is 13.1. The Bertz CT molecular complexity index is 1560. The molecule has 1 aliphatic heterocycles. The number of nitrogens with one attached hydrogen (secondary N) is 2. The Morgan fingerprint density at radius 3 is 2.61 bits per heavy atom. The van der Waals surface area contributed by atoms with Crippen LogP contribution in [0.2, 0.25) is 0 Å². The van der Waals surface area contributed by atoms with Crippen LogP contribution >= 0.6 is 0 Å². The molecule has 1 aliphatic carbocycles. The molecule has 0 fully saturated rings. The molecule has 3 N–H and O–H groups in total. The molecule has 36 heavy (non-hydrogen) atoms. The summed E-state index contributed by atoms with van der Waals surface area (Å²) in [7, 11) is -3.64. The minimum Gasteiger partial charge on any atom is -0.508 e. The lowest BCUT2D eigenvalue weighted by Gasteiger charge is -2.38. The third-order valence-electron chi connectivity index (χ3n) is 7.45. The predicted molar refractivity (Wildman–Crippen MR) is 144 cm³/mol. The molecule has 0 saturated carbocycles. The number of benzene rings is 4. The molecular weight excluding hydrogens is 468 g/mol. The fraction of sp³-hybridized carbons (Fsp3) is 0.200. The summed E-state index contributed by atoms with van der Waals surface area (Å²) in [6.45, 7) is 0.343. The number of phenolic OH excluding ortho intramolecular Hbond substituents is 1. The Morgan fingerprint density at radius 1 is 0.944 bits per heavy atom. The standard InChI is InChI=1S/C30H28N2O3S/c33-28-16-13-21-9-4-5-10-23(21)29(28)30-25-12-6-11-24(25)26-19-22(14-15-27(26)32-30)36(34,35)31-18-17-20-7-2-1-3-8-20/h1-11,13-16,19,24-25,30-33H,12,17-18H2. The van der Waals surface area contributed by atoms with Crippen molar-refractivity contribution in [2.45, 2.75) is 29.7 Å². The minimum atomic E-state index is -3.64. The van der Waals surface area contributed by atoms with Gasteiger partial charge < -0.3 is 10.4 Å². The summed E-state index contributed by atoms with van der Waals surface area (Å²) in [5.41, 5.74) is 3.88. The van der Waals surface area contributed by atoms with Crippen molar-refractivity contribution in [2.24, 2.45) is 5.92 Å². The van der Waals surface area contributed by atoms with Gasteiger partial charge >= 0.3 is 0 Å². The molecule has 3 atom stereocenters.